The molecule has 0 atom stereocenters. The number of aromatic nitrogens is 2. The third-order valence-corrected chi connectivity index (χ3v) is 4.66. The van der Waals surface area contributed by atoms with Gasteiger partial charge in [0.1, 0.15) is 0 Å². The zero-order valence-corrected chi connectivity index (χ0v) is 16.4. The van der Waals surface area contributed by atoms with Crippen LogP contribution in [0.25, 0.3) is 5.69 Å². The van der Waals surface area contributed by atoms with E-state index in [0.717, 1.165) is 16.9 Å². The molecule has 2 aromatic carbocycles. The highest BCUT2D eigenvalue weighted by atomic mass is 16.1. The van der Waals surface area contributed by atoms with Crippen molar-refractivity contribution in [2.75, 3.05) is 5.32 Å². The molecule has 0 saturated carbocycles. The van der Waals surface area contributed by atoms with Crippen LogP contribution in [0.2, 0.25) is 0 Å². The molecule has 1 aromatic heterocycles. The lowest BCUT2D eigenvalue weighted by Crippen LogP contribution is -2.17. The van der Waals surface area contributed by atoms with Crippen molar-refractivity contribution in [3.63, 3.8) is 0 Å². The standard InChI is InChI=1S/C23H27N3O/c1-16(2)20-11-8-12-21(17(3)4)23(20)25-22(27)13-18-14-24-26(15-18)19-9-6-5-7-10-19/h5-12,14-17H,13H2,1-4H3,(H,25,27). The molecule has 1 N–H and O–H groups in total. The molecule has 0 unspecified atom stereocenters. The summed E-state index contributed by atoms with van der Waals surface area (Å²) < 4.78 is 1.80. The normalized spacial score (nSPS) is 11.2. The summed E-state index contributed by atoms with van der Waals surface area (Å²) in [7, 11) is 0. The lowest BCUT2D eigenvalue weighted by Gasteiger charge is -2.20. The van der Waals surface area contributed by atoms with Gasteiger partial charge in [0, 0.05) is 11.9 Å². The van der Waals surface area contributed by atoms with Gasteiger partial charge >= 0.3 is 0 Å². The van der Waals surface area contributed by atoms with E-state index in [9.17, 15) is 4.79 Å². The summed E-state index contributed by atoms with van der Waals surface area (Å²) >= 11 is 0. The van der Waals surface area contributed by atoms with Crippen LogP contribution in [-0.4, -0.2) is 15.7 Å². The van der Waals surface area contributed by atoms with Crippen LogP contribution in [0.5, 0.6) is 0 Å². The van der Waals surface area contributed by atoms with Crippen molar-refractivity contribution >= 4 is 11.6 Å². The van der Waals surface area contributed by atoms with Crippen LogP contribution in [-0.2, 0) is 11.2 Å². The third kappa shape index (κ3) is 4.45. The van der Waals surface area contributed by atoms with Gasteiger partial charge in [0.25, 0.3) is 0 Å². The number of anilines is 1. The summed E-state index contributed by atoms with van der Waals surface area (Å²) in [4.78, 5) is 12.7. The molecule has 0 radical (unpaired) electrons. The molecule has 0 saturated heterocycles. The summed E-state index contributed by atoms with van der Waals surface area (Å²) in [5.74, 6) is 0.678. The topological polar surface area (TPSA) is 46.9 Å². The molecular formula is C23H27N3O. The number of amides is 1. The Morgan fingerprint density at radius 2 is 1.59 bits per heavy atom. The SMILES string of the molecule is CC(C)c1cccc(C(C)C)c1NC(=O)Cc1cnn(-c2ccccc2)c1. The molecule has 0 aliphatic heterocycles. The van der Waals surface area contributed by atoms with Gasteiger partial charge in [0.15, 0.2) is 0 Å². The maximum absolute atomic E-state index is 12.7. The van der Waals surface area contributed by atoms with Crippen LogP contribution in [0.15, 0.2) is 60.9 Å². The molecule has 1 heterocycles. The van der Waals surface area contributed by atoms with Gasteiger partial charge in [0.2, 0.25) is 5.91 Å². The van der Waals surface area contributed by atoms with E-state index in [1.165, 1.54) is 11.1 Å². The number of benzene rings is 2. The van der Waals surface area contributed by atoms with E-state index in [4.69, 9.17) is 0 Å². The number of hydrogen-bond acceptors (Lipinski definition) is 2. The minimum absolute atomic E-state index is 0.0161. The minimum Gasteiger partial charge on any atom is -0.325 e. The fourth-order valence-electron chi connectivity index (χ4n) is 3.24. The Labute approximate surface area is 161 Å². The molecule has 0 spiro atoms. The van der Waals surface area contributed by atoms with Crippen LogP contribution in [0, 0.1) is 0 Å². The molecule has 4 nitrogen and oxygen atoms in total. The number of para-hydroxylation sites is 2. The number of rotatable bonds is 6. The second-order valence-electron chi connectivity index (χ2n) is 7.47. The average molecular weight is 361 g/mol. The van der Waals surface area contributed by atoms with Crippen LogP contribution in [0.4, 0.5) is 5.69 Å². The zero-order valence-electron chi connectivity index (χ0n) is 16.4. The molecule has 0 aliphatic rings. The largest absolute Gasteiger partial charge is 0.325 e. The van der Waals surface area contributed by atoms with Crippen molar-refractivity contribution in [2.45, 2.75) is 46.0 Å². The van der Waals surface area contributed by atoms with Gasteiger partial charge in [-0.2, -0.15) is 5.10 Å². The maximum atomic E-state index is 12.7. The molecule has 0 aliphatic carbocycles. The summed E-state index contributed by atoms with van der Waals surface area (Å²) in [6, 6.07) is 16.2. The quantitative estimate of drug-likeness (QED) is 0.647. The fourth-order valence-corrected chi connectivity index (χ4v) is 3.24. The first kappa shape index (κ1) is 18.9. The molecule has 140 valence electrons. The van der Waals surface area contributed by atoms with Crippen molar-refractivity contribution in [1.29, 1.82) is 0 Å². The molecule has 3 aromatic rings. The summed E-state index contributed by atoms with van der Waals surface area (Å²) in [5.41, 5.74) is 5.19. The first-order valence-electron chi connectivity index (χ1n) is 9.47. The first-order chi connectivity index (χ1) is 13.0. The Morgan fingerprint density at radius 1 is 0.963 bits per heavy atom. The van der Waals surface area contributed by atoms with Gasteiger partial charge < -0.3 is 5.32 Å². The second kappa shape index (κ2) is 8.21. The number of nitrogens with zero attached hydrogens (tertiary/aromatic N) is 2. The lowest BCUT2D eigenvalue weighted by atomic mass is 9.92. The maximum Gasteiger partial charge on any atom is 0.228 e. The van der Waals surface area contributed by atoms with E-state index in [1.807, 2.05) is 36.5 Å². The van der Waals surface area contributed by atoms with Crippen LogP contribution in [0.1, 0.15) is 56.2 Å². The van der Waals surface area contributed by atoms with E-state index in [1.54, 1.807) is 10.9 Å². The lowest BCUT2D eigenvalue weighted by molar-refractivity contribution is -0.115. The van der Waals surface area contributed by atoms with Gasteiger partial charge in [0.05, 0.1) is 18.3 Å². The van der Waals surface area contributed by atoms with Gasteiger partial charge in [-0.15, -0.1) is 0 Å². The van der Waals surface area contributed by atoms with Crippen LogP contribution < -0.4 is 5.32 Å². The van der Waals surface area contributed by atoms with Gasteiger partial charge in [-0.3, -0.25) is 4.79 Å². The molecule has 27 heavy (non-hydrogen) atoms. The highest BCUT2D eigenvalue weighted by Crippen LogP contribution is 2.32. The Kier molecular flexibility index (Phi) is 5.75. The van der Waals surface area contributed by atoms with Crippen molar-refractivity contribution in [1.82, 2.24) is 9.78 Å². The molecule has 0 fully saturated rings. The number of carbonyl (C=O) groups is 1. The van der Waals surface area contributed by atoms with Crippen LogP contribution in [0.3, 0.4) is 0 Å². The molecule has 4 heteroatoms. The third-order valence-electron chi connectivity index (χ3n) is 4.66. The van der Waals surface area contributed by atoms with E-state index in [2.05, 4.69) is 56.3 Å². The fraction of sp³-hybridized carbons (Fsp3) is 0.304. The Morgan fingerprint density at radius 3 is 2.19 bits per heavy atom. The predicted octanol–water partition coefficient (Wildman–Crippen LogP) is 5.30. The monoisotopic (exact) mass is 361 g/mol. The summed E-state index contributed by atoms with van der Waals surface area (Å²) in [5, 5.41) is 7.54. The van der Waals surface area contributed by atoms with E-state index >= 15 is 0 Å². The van der Waals surface area contributed by atoms with Crippen molar-refractivity contribution in [3.05, 3.63) is 77.6 Å². The molecule has 0 bridgehead atoms. The average Bonchev–Trinajstić information content (AvgIpc) is 3.10. The Hall–Kier alpha value is -2.88. The molecule has 1 amide bonds. The minimum atomic E-state index is -0.0161. The Balaban J connectivity index is 1.78. The van der Waals surface area contributed by atoms with Gasteiger partial charge in [-0.25, -0.2) is 4.68 Å². The van der Waals surface area contributed by atoms with Crippen molar-refractivity contribution in [3.8, 4) is 5.69 Å². The smallest absolute Gasteiger partial charge is 0.228 e. The van der Waals surface area contributed by atoms with E-state index < -0.39 is 0 Å². The molecule has 3 rings (SSSR count). The second-order valence-corrected chi connectivity index (χ2v) is 7.47. The zero-order chi connectivity index (χ0) is 19.4. The highest BCUT2D eigenvalue weighted by molar-refractivity contribution is 5.94. The van der Waals surface area contributed by atoms with E-state index in [-0.39, 0.29) is 5.91 Å². The number of hydrogen-bond donors (Lipinski definition) is 1. The van der Waals surface area contributed by atoms with E-state index in [0.29, 0.717) is 18.3 Å². The summed E-state index contributed by atoms with van der Waals surface area (Å²) in [6.45, 7) is 8.61. The Bertz CT molecular complexity index is 884. The number of nitrogens with one attached hydrogen (secondary N) is 1. The van der Waals surface area contributed by atoms with Crippen molar-refractivity contribution < 1.29 is 4.79 Å². The van der Waals surface area contributed by atoms with Crippen LogP contribution >= 0.6 is 0 Å². The highest BCUT2D eigenvalue weighted by Gasteiger charge is 2.16. The van der Waals surface area contributed by atoms with Crippen molar-refractivity contribution in [2.24, 2.45) is 0 Å². The molecular weight excluding hydrogens is 334 g/mol. The number of carbonyl (C=O) groups excluding carboxylic acids is 1. The summed E-state index contributed by atoms with van der Waals surface area (Å²) in [6.07, 6.45) is 3.97. The predicted molar refractivity (Wildman–Crippen MR) is 111 cm³/mol. The van der Waals surface area contributed by atoms with Gasteiger partial charge in [-0.05, 0) is 40.7 Å². The first-order valence-corrected chi connectivity index (χ1v) is 9.47. The van der Waals surface area contributed by atoms with Gasteiger partial charge in [-0.1, -0.05) is 64.1 Å².